The number of halogens is 1. The van der Waals surface area contributed by atoms with Crippen LogP contribution in [0, 0.1) is 23.6 Å². The van der Waals surface area contributed by atoms with Crippen molar-refractivity contribution >= 4 is 5.91 Å². The fraction of sp³-hybridized carbons (Fsp3) is 0.588. The normalized spacial score (nSPS) is 28.8. The van der Waals surface area contributed by atoms with Crippen molar-refractivity contribution in [1.29, 1.82) is 0 Å². The number of nitrogens with two attached hydrogens (primary N) is 1. The summed E-state index contributed by atoms with van der Waals surface area (Å²) in [6.45, 7) is 2.64. The van der Waals surface area contributed by atoms with Crippen LogP contribution < -0.4 is 11.1 Å². The smallest absolute Gasteiger partial charge is 0.248 e. The second-order valence-corrected chi connectivity index (χ2v) is 6.68. The fourth-order valence-electron chi connectivity index (χ4n) is 4.19. The van der Waals surface area contributed by atoms with Gasteiger partial charge >= 0.3 is 0 Å². The molecular weight excluding hydrogens is 267 g/mol. The number of fused-ring (bicyclic) bond motifs is 2. The maximum atomic E-state index is 13.8. The van der Waals surface area contributed by atoms with Crippen LogP contribution in [0.25, 0.3) is 0 Å². The molecule has 1 amide bonds. The van der Waals surface area contributed by atoms with Gasteiger partial charge in [0.1, 0.15) is 5.82 Å². The minimum Gasteiger partial charge on any atom is -0.366 e. The molecule has 3 nitrogen and oxygen atoms in total. The molecule has 4 atom stereocenters. The van der Waals surface area contributed by atoms with Crippen LogP contribution in [0.15, 0.2) is 18.2 Å². The molecule has 2 aliphatic rings. The zero-order chi connectivity index (χ0) is 15.0. The van der Waals surface area contributed by atoms with E-state index in [0.717, 1.165) is 11.8 Å². The molecule has 3 N–H and O–H groups in total. The first kappa shape index (κ1) is 14.5. The molecule has 2 bridgehead atoms. The van der Waals surface area contributed by atoms with E-state index in [1.807, 2.05) is 0 Å². The Labute approximate surface area is 125 Å². The molecule has 2 aliphatic carbocycles. The van der Waals surface area contributed by atoms with Gasteiger partial charge in [-0.15, -0.1) is 0 Å². The maximum Gasteiger partial charge on any atom is 0.248 e. The molecule has 4 unspecified atom stereocenters. The molecule has 0 radical (unpaired) electrons. The molecule has 21 heavy (non-hydrogen) atoms. The van der Waals surface area contributed by atoms with Gasteiger partial charge < -0.3 is 11.1 Å². The predicted molar refractivity (Wildman–Crippen MR) is 80.2 cm³/mol. The van der Waals surface area contributed by atoms with E-state index in [4.69, 9.17) is 5.73 Å². The minimum atomic E-state index is -0.516. The first-order chi connectivity index (χ1) is 10.0. The van der Waals surface area contributed by atoms with E-state index < -0.39 is 5.91 Å². The Kier molecular flexibility index (Phi) is 3.98. The van der Waals surface area contributed by atoms with Crippen LogP contribution in [-0.2, 0) is 6.54 Å². The lowest BCUT2D eigenvalue weighted by atomic mass is 9.84. The van der Waals surface area contributed by atoms with Crippen LogP contribution >= 0.6 is 0 Å². The summed E-state index contributed by atoms with van der Waals surface area (Å²) in [4.78, 5) is 11.2. The average Bonchev–Trinajstić information content (AvgIpc) is 3.08. The number of carbonyl (C=O) groups is 1. The van der Waals surface area contributed by atoms with Gasteiger partial charge in [-0.1, -0.05) is 6.42 Å². The Morgan fingerprint density at radius 2 is 2.24 bits per heavy atom. The predicted octanol–water partition coefficient (Wildman–Crippen LogP) is 2.84. The number of rotatable bonds is 5. The molecule has 114 valence electrons. The van der Waals surface area contributed by atoms with E-state index in [1.165, 1.54) is 37.8 Å². The summed E-state index contributed by atoms with van der Waals surface area (Å²) in [5.74, 6) is 1.68. The van der Waals surface area contributed by atoms with E-state index in [-0.39, 0.29) is 5.82 Å². The summed E-state index contributed by atoms with van der Waals surface area (Å²) >= 11 is 0. The SMILES string of the molecule is CC(NCc1cc(C(N)=O)ccc1F)C1CC2CCC1C2. The number of amides is 1. The highest BCUT2D eigenvalue weighted by Crippen LogP contribution is 2.49. The third kappa shape index (κ3) is 2.95. The highest BCUT2D eigenvalue weighted by atomic mass is 19.1. The number of primary amides is 1. The van der Waals surface area contributed by atoms with Crippen molar-refractivity contribution in [2.24, 2.45) is 23.5 Å². The van der Waals surface area contributed by atoms with E-state index in [0.29, 0.717) is 29.6 Å². The van der Waals surface area contributed by atoms with Crippen LogP contribution in [0.5, 0.6) is 0 Å². The summed E-state index contributed by atoms with van der Waals surface area (Å²) < 4.78 is 13.8. The average molecular weight is 290 g/mol. The molecule has 4 heteroatoms. The van der Waals surface area contributed by atoms with Crippen LogP contribution in [0.3, 0.4) is 0 Å². The highest BCUT2D eigenvalue weighted by Gasteiger charge is 2.41. The van der Waals surface area contributed by atoms with Crippen LogP contribution in [0.2, 0.25) is 0 Å². The quantitative estimate of drug-likeness (QED) is 0.876. The molecule has 0 aliphatic heterocycles. The van der Waals surface area contributed by atoms with Gasteiger partial charge in [-0.05, 0) is 62.1 Å². The van der Waals surface area contributed by atoms with E-state index in [9.17, 15) is 9.18 Å². The second-order valence-electron chi connectivity index (χ2n) is 6.68. The monoisotopic (exact) mass is 290 g/mol. The van der Waals surface area contributed by atoms with Crippen molar-refractivity contribution in [2.75, 3.05) is 0 Å². The summed E-state index contributed by atoms with van der Waals surface area (Å²) in [6, 6.07) is 4.69. The van der Waals surface area contributed by atoms with Crippen molar-refractivity contribution in [3.8, 4) is 0 Å². The van der Waals surface area contributed by atoms with Gasteiger partial charge in [-0.2, -0.15) is 0 Å². The molecule has 1 aromatic carbocycles. The van der Waals surface area contributed by atoms with Crippen molar-refractivity contribution < 1.29 is 9.18 Å². The van der Waals surface area contributed by atoms with Gasteiger partial charge in [0.25, 0.3) is 0 Å². The lowest BCUT2D eigenvalue weighted by molar-refractivity contribution is 0.1000. The third-order valence-corrected chi connectivity index (χ3v) is 5.38. The zero-order valence-electron chi connectivity index (χ0n) is 12.4. The second kappa shape index (κ2) is 5.76. The first-order valence-corrected chi connectivity index (χ1v) is 7.86. The Morgan fingerprint density at radius 1 is 1.43 bits per heavy atom. The minimum absolute atomic E-state index is 0.285. The maximum absolute atomic E-state index is 13.8. The number of nitrogens with one attached hydrogen (secondary N) is 1. The van der Waals surface area contributed by atoms with Gasteiger partial charge in [0.05, 0.1) is 0 Å². The van der Waals surface area contributed by atoms with Gasteiger partial charge in [0.15, 0.2) is 0 Å². The van der Waals surface area contributed by atoms with Gasteiger partial charge in [-0.25, -0.2) is 4.39 Å². The third-order valence-electron chi connectivity index (χ3n) is 5.38. The lowest BCUT2D eigenvalue weighted by Crippen LogP contribution is -2.36. The number of carbonyl (C=O) groups excluding carboxylic acids is 1. The van der Waals surface area contributed by atoms with E-state index in [2.05, 4.69) is 12.2 Å². The van der Waals surface area contributed by atoms with Crippen LogP contribution in [0.1, 0.15) is 48.5 Å². The molecule has 1 aromatic rings. The van der Waals surface area contributed by atoms with Gasteiger partial charge in [-0.3, -0.25) is 4.79 Å². The Morgan fingerprint density at radius 3 is 2.86 bits per heavy atom. The van der Waals surface area contributed by atoms with Crippen molar-refractivity contribution in [1.82, 2.24) is 5.32 Å². The van der Waals surface area contributed by atoms with Crippen molar-refractivity contribution in [2.45, 2.75) is 45.2 Å². The number of hydrogen-bond acceptors (Lipinski definition) is 2. The highest BCUT2D eigenvalue weighted by molar-refractivity contribution is 5.92. The molecule has 0 aromatic heterocycles. The van der Waals surface area contributed by atoms with E-state index in [1.54, 1.807) is 6.07 Å². The van der Waals surface area contributed by atoms with E-state index >= 15 is 0 Å². The molecule has 2 fully saturated rings. The van der Waals surface area contributed by atoms with Crippen LogP contribution in [0.4, 0.5) is 4.39 Å². The Hall–Kier alpha value is -1.42. The van der Waals surface area contributed by atoms with Gasteiger partial charge in [0.2, 0.25) is 5.91 Å². The molecule has 0 saturated heterocycles. The Balaban J connectivity index is 1.62. The van der Waals surface area contributed by atoms with Crippen LogP contribution in [-0.4, -0.2) is 11.9 Å². The molecule has 0 heterocycles. The summed E-state index contributed by atoms with van der Waals surface area (Å²) in [6.07, 6.45) is 5.43. The molecule has 2 saturated carbocycles. The summed E-state index contributed by atoms with van der Waals surface area (Å²) in [5.41, 5.74) is 6.12. The topological polar surface area (TPSA) is 55.1 Å². The first-order valence-electron chi connectivity index (χ1n) is 7.86. The Bertz CT molecular complexity index is 546. The molecule has 3 rings (SSSR count). The molecular formula is C17H23FN2O. The summed E-state index contributed by atoms with van der Waals surface area (Å²) in [7, 11) is 0. The number of benzene rings is 1. The zero-order valence-corrected chi connectivity index (χ0v) is 12.4. The largest absolute Gasteiger partial charge is 0.366 e. The lowest BCUT2D eigenvalue weighted by Gasteiger charge is -2.28. The van der Waals surface area contributed by atoms with Gasteiger partial charge in [0, 0.05) is 23.7 Å². The standard InChI is InChI=1S/C17H23FN2O/c1-10(15-7-11-2-3-12(15)6-11)20-9-14-8-13(17(19)21)4-5-16(14)18/h4-5,8,10-12,15,20H,2-3,6-7,9H2,1H3,(H2,19,21). The number of hydrogen-bond donors (Lipinski definition) is 2. The van der Waals surface area contributed by atoms with Crippen molar-refractivity contribution in [3.63, 3.8) is 0 Å². The molecule has 0 spiro atoms. The fourth-order valence-corrected chi connectivity index (χ4v) is 4.19. The van der Waals surface area contributed by atoms with Crippen molar-refractivity contribution in [3.05, 3.63) is 35.1 Å². The summed E-state index contributed by atoms with van der Waals surface area (Å²) in [5, 5.41) is 3.44.